The first-order valence-electron chi connectivity index (χ1n) is 7.12. The van der Waals surface area contributed by atoms with Crippen LogP contribution in [0.2, 0.25) is 5.02 Å². The molecule has 0 bridgehead atoms. The number of alkyl halides is 3. The molecule has 0 aliphatic heterocycles. The van der Waals surface area contributed by atoms with Gasteiger partial charge in [-0.2, -0.15) is 13.2 Å². The molecule has 1 N–H and O–H groups in total. The maximum Gasteiger partial charge on any atom is 0.422 e. The molecule has 0 aliphatic rings. The SMILES string of the molecule is O=C(COc1ccccc1Cl)NCc1cccnc1OCC(F)(F)F. The van der Waals surface area contributed by atoms with Gasteiger partial charge >= 0.3 is 6.18 Å². The van der Waals surface area contributed by atoms with Gasteiger partial charge in [0.05, 0.1) is 5.02 Å². The van der Waals surface area contributed by atoms with E-state index in [4.69, 9.17) is 16.3 Å². The Hall–Kier alpha value is -2.48. The number of benzene rings is 1. The molecule has 0 spiro atoms. The molecule has 25 heavy (non-hydrogen) atoms. The lowest BCUT2D eigenvalue weighted by Crippen LogP contribution is -2.29. The van der Waals surface area contributed by atoms with E-state index in [1.165, 1.54) is 18.3 Å². The van der Waals surface area contributed by atoms with Crippen LogP contribution in [0.5, 0.6) is 11.6 Å². The molecule has 9 heteroatoms. The predicted molar refractivity (Wildman–Crippen MR) is 84.6 cm³/mol. The molecule has 0 saturated carbocycles. The van der Waals surface area contributed by atoms with Crippen molar-refractivity contribution < 1.29 is 27.4 Å². The minimum atomic E-state index is -4.47. The van der Waals surface area contributed by atoms with E-state index in [0.717, 1.165) is 0 Å². The third-order valence-corrected chi connectivity index (χ3v) is 3.21. The summed E-state index contributed by atoms with van der Waals surface area (Å²) in [6, 6.07) is 9.70. The molecular formula is C16H14ClF3N2O3. The molecule has 0 saturated heterocycles. The summed E-state index contributed by atoms with van der Waals surface area (Å²) < 4.78 is 46.6. The number of rotatable bonds is 7. The van der Waals surface area contributed by atoms with Crippen LogP contribution >= 0.6 is 11.6 Å². The van der Waals surface area contributed by atoms with Crippen LogP contribution in [0.4, 0.5) is 13.2 Å². The van der Waals surface area contributed by atoms with Gasteiger partial charge in [-0.1, -0.05) is 29.8 Å². The average Bonchev–Trinajstić information content (AvgIpc) is 2.57. The van der Waals surface area contributed by atoms with Crippen LogP contribution < -0.4 is 14.8 Å². The fourth-order valence-electron chi connectivity index (χ4n) is 1.79. The molecule has 1 heterocycles. The van der Waals surface area contributed by atoms with Gasteiger partial charge in [0.2, 0.25) is 5.88 Å². The highest BCUT2D eigenvalue weighted by atomic mass is 35.5. The molecule has 0 radical (unpaired) electrons. The monoisotopic (exact) mass is 374 g/mol. The molecule has 1 aromatic carbocycles. The third-order valence-electron chi connectivity index (χ3n) is 2.89. The van der Waals surface area contributed by atoms with E-state index in [1.807, 2.05) is 0 Å². The molecule has 5 nitrogen and oxygen atoms in total. The molecule has 1 aromatic heterocycles. The number of pyridine rings is 1. The Morgan fingerprint density at radius 2 is 1.92 bits per heavy atom. The zero-order chi connectivity index (χ0) is 18.3. The maximum atomic E-state index is 12.2. The number of hydrogen-bond donors (Lipinski definition) is 1. The van der Waals surface area contributed by atoms with E-state index in [2.05, 4.69) is 15.0 Å². The van der Waals surface area contributed by atoms with Crippen molar-refractivity contribution in [1.29, 1.82) is 0 Å². The van der Waals surface area contributed by atoms with E-state index in [9.17, 15) is 18.0 Å². The van der Waals surface area contributed by atoms with Gasteiger partial charge in [0, 0.05) is 18.3 Å². The second-order valence-corrected chi connectivity index (χ2v) is 5.27. The minimum Gasteiger partial charge on any atom is -0.482 e. The van der Waals surface area contributed by atoms with E-state index < -0.39 is 18.7 Å². The molecule has 0 unspecified atom stereocenters. The fraction of sp³-hybridized carbons (Fsp3) is 0.250. The topological polar surface area (TPSA) is 60.5 Å². The van der Waals surface area contributed by atoms with Crippen molar-refractivity contribution in [1.82, 2.24) is 10.3 Å². The highest BCUT2D eigenvalue weighted by Gasteiger charge is 2.29. The van der Waals surface area contributed by atoms with Crippen LogP contribution in [0.3, 0.4) is 0 Å². The first-order valence-corrected chi connectivity index (χ1v) is 7.50. The Labute approximate surface area is 146 Å². The molecular weight excluding hydrogens is 361 g/mol. The van der Waals surface area contributed by atoms with Gasteiger partial charge in [0.25, 0.3) is 5.91 Å². The number of carbonyl (C=O) groups excluding carboxylic acids is 1. The smallest absolute Gasteiger partial charge is 0.422 e. The lowest BCUT2D eigenvalue weighted by molar-refractivity contribution is -0.154. The minimum absolute atomic E-state index is 0.0499. The molecule has 0 aliphatic carbocycles. The number of amides is 1. The molecule has 1 amide bonds. The summed E-state index contributed by atoms with van der Waals surface area (Å²) in [6.07, 6.45) is -3.17. The van der Waals surface area contributed by atoms with Crippen molar-refractivity contribution in [3.05, 3.63) is 53.2 Å². The molecule has 2 rings (SSSR count). The standard InChI is InChI=1S/C16H14ClF3N2O3/c17-12-5-1-2-6-13(12)24-9-14(23)22-8-11-4-3-7-21-15(11)25-10-16(18,19)20/h1-7H,8-10H2,(H,22,23). The summed E-state index contributed by atoms with van der Waals surface area (Å²) in [5.41, 5.74) is 0.317. The summed E-state index contributed by atoms with van der Waals surface area (Å²) in [5.74, 6) is -0.299. The number of nitrogens with zero attached hydrogens (tertiary/aromatic N) is 1. The van der Waals surface area contributed by atoms with Crippen LogP contribution in [-0.2, 0) is 11.3 Å². The van der Waals surface area contributed by atoms with Crippen LogP contribution in [-0.4, -0.2) is 30.3 Å². The maximum absolute atomic E-state index is 12.2. The van der Waals surface area contributed by atoms with Gasteiger partial charge < -0.3 is 14.8 Å². The summed E-state index contributed by atoms with van der Waals surface area (Å²) in [5, 5.41) is 2.88. The number of nitrogens with one attached hydrogen (secondary N) is 1. The Kier molecular flexibility index (Phi) is 6.46. The molecule has 0 fully saturated rings. The number of carbonyl (C=O) groups is 1. The van der Waals surface area contributed by atoms with Crippen LogP contribution in [0, 0.1) is 0 Å². The largest absolute Gasteiger partial charge is 0.482 e. The molecule has 0 atom stereocenters. The summed E-state index contributed by atoms with van der Waals surface area (Å²) >= 11 is 5.90. The number of hydrogen-bond acceptors (Lipinski definition) is 4. The summed E-state index contributed by atoms with van der Waals surface area (Å²) in [6.45, 7) is -1.80. The lowest BCUT2D eigenvalue weighted by Gasteiger charge is -2.13. The van der Waals surface area contributed by atoms with Crippen molar-refractivity contribution in [3.63, 3.8) is 0 Å². The first kappa shape index (κ1) is 18.9. The summed E-state index contributed by atoms with van der Waals surface area (Å²) in [7, 11) is 0. The lowest BCUT2D eigenvalue weighted by atomic mass is 10.2. The van der Waals surface area contributed by atoms with Gasteiger partial charge in [0.1, 0.15) is 5.75 Å². The number of ether oxygens (including phenoxy) is 2. The van der Waals surface area contributed by atoms with Gasteiger partial charge in [-0.3, -0.25) is 4.79 Å². The van der Waals surface area contributed by atoms with E-state index >= 15 is 0 Å². The first-order chi connectivity index (χ1) is 11.8. The number of aromatic nitrogens is 1. The zero-order valence-corrected chi connectivity index (χ0v) is 13.6. The third kappa shape index (κ3) is 6.50. The molecule has 134 valence electrons. The number of halogens is 4. The highest BCUT2D eigenvalue weighted by Crippen LogP contribution is 2.23. The van der Waals surface area contributed by atoms with Crippen molar-refractivity contribution in [3.8, 4) is 11.6 Å². The van der Waals surface area contributed by atoms with Gasteiger partial charge in [-0.05, 0) is 18.2 Å². The fourth-order valence-corrected chi connectivity index (χ4v) is 1.98. The normalized spacial score (nSPS) is 11.0. The Bertz CT molecular complexity index is 726. The van der Waals surface area contributed by atoms with Crippen molar-refractivity contribution in [2.45, 2.75) is 12.7 Å². The predicted octanol–water partition coefficient (Wildman–Crippen LogP) is 3.37. The van der Waals surface area contributed by atoms with Crippen molar-refractivity contribution >= 4 is 17.5 Å². The average molecular weight is 375 g/mol. The van der Waals surface area contributed by atoms with E-state index in [0.29, 0.717) is 16.3 Å². The Morgan fingerprint density at radius 3 is 2.64 bits per heavy atom. The van der Waals surface area contributed by atoms with Crippen LogP contribution in [0.1, 0.15) is 5.56 Å². The Morgan fingerprint density at radius 1 is 1.16 bits per heavy atom. The quantitative estimate of drug-likeness (QED) is 0.807. The zero-order valence-electron chi connectivity index (χ0n) is 12.8. The second-order valence-electron chi connectivity index (χ2n) is 4.87. The van der Waals surface area contributed by atoms with Gasteiger partial charge in [-0.15, -0.1) is 0 Å². The Balaban J connectivity index is 1.86. The number of para-hydroxylation sites is 1. The summed E-state index contributed by atoms with van der Waals surface area (Å²) in [4.78, 5) is 15.6. The highest BCUT2D eigenvalue weighted by molar-refractivity contribution is 6.32. The van der Waals surface area contributed by atoms with Gasteiger partial charge in [0.15, 0.2) is 13.2 Å². The van der Waals surface area contributed by atoms with Crippen molar-refractivity contribution in [2.75, 3.05) is 13.2 Å². The van der Waals surface area contributed by atoms with Crippen LogP contribution in [0.25, 0.3) is 0 Å². The van der Waals surface area contributed by atoms with E-state index in [-0.39, 0.29) is 19.0 Å². The van der Waals surface area contributed by atoms with Gasteiger partial charge in [-0.25, -0.2) is 4.98 Å². The molecule has 2 aromatic rings. The van der Waals surface area contributed by atoms with Crippen LogP contribution in [0.15, 0.2) is 42.6 Å². The second kappa shape index (κ2) is 8.57. The van der Waals surface area contributed by atoms with E-state index in [1.54, 1.807) is 24.3 Å². The van der Waals surface area contributed by atoms with Crippen molar-refractivity contribution in [2.24, 2.45) is 0 Å².